The summed E-state index contributed by atoms with van der Waals surface area (Å²) in [5.74, 6) is -6.41. The highest BCUT2D eigenvalue weighted by Gasteiger charge is 2.68. The van der Waals surface area contributed by atoms with Crippen molar-refractivity contribution < 1.29 is 44.7 Å². The smallest absolute Gasteiger partial charge is 0.366 e. The van der Waals surface area contributed by atoms with Crippen LogP contribution >= 0.6 is 0 Å². The van der Waals surface area contributed by atoms with Gasteiger partial charge >= 0.3 is 6.18 Å². The number of aromatic nitrogens is 5. The van der Waals surface area contributed by atoms with Crippen LogP contribution in [-0.2, 0) is 29.9 Å². The van der Waals surface area contributed by atoms with Gasteiger partial charge in [-0.05, 0) is 79.1 Å². The van der Waals surface area contributed by atoms with Crippen LogP contribution < -0.4 is 5.73 Å². The van der Waals surface area contributed by atoms with Gasteiger partial charge in [0.2, 0.25) is 5.82 Å². The molecule has 1 fully saturated rings. The maximum Gasteiger partial charge on any atom is 0.435 e. The summed E-state index contributed by atoms with van der Waals surface area (Å²) in [6, 6.07) is 9.29. The Bertz CT molecular complexity index is 2390. The molecule has 2 aliphatic rings. The first kappa shape index (κ1) is 36.4. The molecular formula is C38H26F8N6O2. The average molecular weight is 751 g/mol. The third kappa shape index (κ3) is 7.05. The van der Waals surface area contributed by atoms with E-state index in [1.54, 1.807) is 19.1 Å². The number of pyridine rings is 1. The second-order valence-electron chi connectivity index (χ2n) is 13.2. The van der Waals surface area contributed by atoms with Crippen LogP contribution in [0.15, 0.2) is 60.9 Å². The molecule has 3 atom stereocenters. The summed E-state index contributed by atoms with van der Waals surface area (Å²) >= 11 is 0. The van der Waals surface area contributed by atoms with Crippen molar-refractivity contribution in [1.82, 2.24) is 24.7 Å². The number of nitrogens with zero attached hydrogens (tertiary/aromatic N) is 5. The number of hydrogen-bond acceptors (Lipinski definition) is 6. The minimum Gasteiger partial charge on any atom is -0.366 e. The van der Waals surface area contributed by atoms with E-state index in [1.165, 1.54) is 18.5 Å². The Hall–Kier alpha value is -5.98. The highest BCUT2D eigenvalue weighted by atomic mass is 19.4. The average Bonchev–Trinajstić information content (AvgIpc) is 3.74. The normalized spacial score (nSPS) is 17.3. The standard InChI is InChI=1S/C38H26F8N6O2/c1-18-8-19(6-7-48-18)2-5-31-49-16-28(21-3-4-30(41)27(13-21)36(47)54)33(50-31)22(9-20-10-23(39)14-24(40)11-20)12-25(53)17-52-35-32(34(51-52)38(44,45)46)26-15-29(26)37(35,42)43/h3-4,6-8,10-11,13-14,16,22,26,29H,9,12,15,17H2,1H3,(H2,47,54)/t22-,26+,29-/m1/s1. The molecule has 16 heteroatoms. The molecule has 1 amide bonds. The number of carbonyl (C=O) groups excluding carboxylic acids is 2. The number of Topliss-reactive ketones (excluding diaryl/α,β-unsaturated/α-hetero) is 1. The predicted molar refractivity (Wildman–Crippen MR) is 175 cm³/mol. The summed E-state index contributed by atoms with van der Waals surface area (Å²) in [6.07, 6.45) is -3.32. The SMILES string of the molecule is Cc1cc(C#Cc2ncc(-c3ccc(F)c(C(N)=O)c3)c([C@@H](CC(=O)Cn3nc(C(F)(F)F)c4c3C(F)(F)[C@@H]3C[C@H]43)Cc3cc(F)cc(F)c3)n2)ccn1. The van der Waals surface area contributed by atoms with E-state index >= 15 is 8.78 Å². The van der Waals surface area contributed by atoms with Gasteiger partial charge in [0, 0.05) is 59.1 Å². The van der Waals surface area contributed by atoms with Gasteiger partial charge in [0.25, 0.3) is 11.8 Å². The maximum atomic E-state index is 15.3. The molecule has 1 saturated carbocycles. The molecule has 54 heavy (non-hydrogen) atoms. The van der Waals surface area contributed by atoms with Crippen LogP contribution in [-0.4, -0.2) is 36.4 Å². The van der Waals surface area contributed by atoms with Crippen LogP contribution in [0.25, 0.3) is 11.1 Å². The van der Waals surface area contributed by atoms with Crippen molar-refractivity contribution in [3.63, 3.8) is 0 Å². The van der Waals surface area contributed by atoms with E-state index in [9.17, 15) is 35.9 Å². The third-order valence-electron chi connectivity index (χ3n) is 9.37. The van der Waals surface area contributed by atoms with E-state index in [0.717, 1.165) is 24.3 Å². The van der Waals surface area contributed by atoms with Gasteiger partial charge in [-0.2, -0.15) is 27.1 Å². The van der Waals surface area contributed by atoms with Crippen molar-refractivity contribution in [3.8, 4) is 23.0 Å². The number of alkyl halides is 5. The monoisotopic (exact) mass is 750 g/mol. The first-order valence-electron chi connectivity index (χ1n) is 16.4. The molecule has 7 rings (SSSR count). The highest BCUT2D eigenvalue weighted by Crippen LogP contribution is 2.68. The Morgan fingerprint density at radius 3 is 2.44 bits per heavy atom. The molecule has 3 aromatic heterocycles. The van der Waals surface area contributed by atoms with Gasteiger partial charge in [-0.25, -0.2) is 23.1 Å². The number of aryl methyl sites for hydroxylation is 1. The van der Waals surface area contributed by atoms with Gasteiger partial charge in [-0.15, -0.1) is 0 Å². The number of amides is 1. The third-order valence-corrected chi connectivity index (χ3v) is 9.37. The number of rotatable bonds is 9. The summed E-state index contributed by atoms with van der Waals surface area (Å²) in [4.78, 5) is 38.8. The van der Waals surface area contributed by atoms with E-state index < -0.39 is 94.5 Å². The molecule has 2 aromatic carbocycles. The molecule has 276 valence electrons. The van der Waals surface area contributed by atoms with E-state index in [2.05, 4.69) is 31.9 Å². The van der Waals surface area contributed by atoms with Crippen LogP contribution in [0, 0.1) is 42.1 Å². The lowest BCUT2D eigenvalue weighted by atomic mass is 9.87. The van der Waals surface area contributed by atoms with Crippen LogP contribution in [0.3, 0.4) is 0 Å². The zero-order chi connectivity index (χ0) is 38.7. The lowest BCUT2D eigenvalue weighted by Gasteiger charge is -2.21. The number of carbonyl (C=O) groups is 2. The van der Waals surface area contributed by atoms with Crippen molar-refractivity contribution in [1.29, 1.82) is 0 Å². The molecule has 0 bridgehead atoms. The summed E-state index contributed by atoms with van der Waals surface area (Å²) < 4.78 is 116. The molecule has 2 N–H and O–H groups in total. The lowest BCUT2D eigenvalue weighted by molar-refractivity contribution is -0.142. The Morgan fingerprint density at radius 2 is 1.76 bits per heavy atom. The van der Waals surface area contributed by atoms with Gasteiger partial charge in [0.1, 0.15) is 29.7 Å². The van der Waals surface area contributed by atoms with Crippen molar-refractivity contribution in [2.45, 2.75) is 56.7 Å². The summed E-state index contributed by atoms with van der Waals surface area (Å²) in [5.41, 5.74) is 3.33. The molecule has 0 unspecified atom stereocenters. The van der Waals surface area contributed by atoms with Gasteiger partial charge in [0.15, 0.2) is 11.5 Å². The van der Waals surface area contributed by atoms with E-state index in [-0.39, 0.29) is 41.1 Å². The Balaban J connectivity index is 1.34. The van der Waals surface area contributed by atoms with E-state index in [0.29, 0.717) is 22.0 Å². The van der Waals surface area contributed by atoms with Gasteiger partial charge in [0.05, 0.1) is 11.3 Å². The minimum atomic E-state index is -5.06. The topological polar surface area (TPSA) is 117 Å². The number of nitrogens with two attached hydrogens (primary N) is 1. The maximum absolute atomic E-state index is 15.3. The Labute approximate surface area is 301 Å². The van der Waals surface area contributed by atoms with Crippen LogP contribution in [0.5, 0.6) is 0 Å². The summed E-state index contributed by atoms with van der Waals surface area (Å²) in [7, 11) is 0. The van der Waals surface area contributed by atoms with Crippen molar-refractivity contribution in [3.05, 3.63) is 129 Å². The summed E-state index contributed by atoms with van der Waals surface area (Å²) in [5, 5.41) is 3.44. The fourth-order valence-electron chi connectivity index (χ4n) is 7.00. The molecule has 0 saturated heterocycles. The van der Waals surface area contributed by atoms with Gasteiger partial charge in [-0.1, -0.05) is 12.0 Å². The van der Waals surface area contributed by atoms with Crippen LogP contribution in [0.4, 0.5) is 35.1 Å². The second kappa shape index (κ2) is 13.5. The van der Waals surface area contributed by atoms with Gasteiger partial charge in [-0.3, -0.25) is 19.3 Å². The first-order chi connectivity index (χ1) is 25.5. The predicted octanol–water partition coefficient (Wildman–Crippen LogP) is 7.17. The Morgan fingerprint density at radius 1 is 1.02 bits per heavy atom. The molecule has 0 spiro atoms. The molecule has 0 radical (unpaired) electrons. The van der Waals surface area contributed by atoms with Crippen molar-refractivity contribution in [2.24, 2.45) is 11.7 Å². The van der Waals surface area contributed by atoms with Crippen LogP contribution in [0.1, 0.15) is 80.3 Å². The minimum absolute atomic E-state index is 0.00788. The van der Waals surface area contributed by atoms with E-state index in [4.69, 9.17) is 5.73 Å². The molecule has 5 aromatic rings. The lowest BCUT2D eigenvalue weighted by Crippen LogP contribution is -2.24. The first-order valence-corrected chi connectivity index (χ1v) is 16.4. The van der Waals surface area contributed by atoms with Crippen molar-refractivity contribution in [2.75, 3.05) is 0 Å². The fourth-order valence-corrected chi connectivity index (χ4v) is 7.00. The quantitative estimate of drug-likeness (QED) is 0.126. The van der Waals surface area contributed by atoms with Gasteiger partial charge < -0.3 is 5.73 Å². The molecule has 0 aliphatic heterocycles. The highest BCUT2D eigenvalue weighted by molar-refractivity contribution is 5.94. The number of benzene rings is 2. The number of fused-ring (bicyclic) bond motifs is 3. The molecule has 3 heterocycles. The fraction of sp³-hybridized carbons (Fsp3) is 0.263. The molecular weight excluding hydrogens is 724 g/mol. The number of ketones is 1. The molecule has 8 nitrogen and oxygen atoms in total. The summed E-state index contributed by atoms with van der Waals surface area (Å²) in [6.45, 7) is 0.762. The van der Waals surface area contributed by atoms with Crippen LogP contribution in [0.2, 0.25) is 0 Å². The molecule has 2 aliphatic carbocycles. The second-order valence-corrected chi connectivity index (χ2v) is 13.2. The zero-order valence-electron chi connectivity index (χ0n) is 28.0. The Kier molecular flexibility index (Phi) is 9.07. The van der Waals surface area contributed by atoms with Crippen molar-refractivity contribution >= 4 is 11.7 Å². The van der Waals surface area contributed by atoms with E-state index in [1.807, 2.05) is 0 Å². The number of hydrogen-bond donors (Lipinski definition) is 1. The number of primary amides is 1. The number of halogens is 8. The zero-order valence-corrected chi connectivity index (χ0v) is 28.0. The largest absolute Gasteiger partial charge is 0.435 e.